The van der Waals surface area contributed by atoms with Crippen molar-refractivity contribution in [2.45, 2.75) is 32.4 Å². The van der Waals surface area contributed by atoms with Gasteiger partial charge in [-0.2, -0.15) is 5.10 Å². The third-order valence-corrected chi connectivity index (χ3v) is 3.19. The molecule has 0 aliphatic carbocycles. The molecule has 2 aromatic heterocycles. The van der Waals surface area contributed by atoms with Crippen LogP contribution in [0, 0.1) is 6.92 Å². The summed E-state index contributed by atoms with van der Waals surface area (Å²) in [5, 5.41) is 9.46. The first-order valence-corrected chi connectivity index (χ1v) is 6.05. The number of nitrogens with one attached hydrogen (secondary N) is 2. The van der Waals surface area contributed by atoms with Crippen LogP contribution in [-0.4, -0.2) is 31.7 Å². The zero-order valence-corrected chi connectivity index (χ0v) is 10.2. The first kappa shape index (κ1) is 11.0. The lowest BCUT2D eigenvalue weighted by molar-refractivity contribution is 0.0922. The Bertz CT molecular complexity index is 557. The van der Waals surface area contributed by atoms with Crippen molar-refractivity contribution >= 4 is 5.91 Å². The number of nitrogens with zero attached hydrogens (tertiary/aromatic N) is 3. The molecule has 3 rings (SSSR count). The molecule has 1 atom stereocenters. The Morgan fingerprint density at radius 2 is 2.50 bits per heavy atom. The first-order chi connectivity index (χ1) is 8.72. The molecule has 0 aromatic carbocycles. The average Bonchev–Trinajstić information content (AvgIpc) is 2.95. The van der Waals surface area contributed by atoms with E-state index in [1.807, 2.05) is 13.1 Å². The van der Waals surface area contributed by atoms with Gasteiger partial charge in [0, 0.05) is 31.4 Å². The van der Waals surface area contributed by atoms with Crippen LogP contribution in [0.3, 0.4) is 0 Å². The van der Waals surface area contributed by atoms with E-state index < -0.39 is 0 Å². The molecule has 3 heterocycles. The van der Waals surface area contributed by atoms with Crippen LogP contribution in [0.2, 0.25) is 0 Å². The van der Waals surface area contributed by atoms with Crippen molar-refractivity contribution in [2.75, 3.05) is 0 Å². The van der Waals surface area contributed by atoms with Gasteiger partial charge in [0.05, 0.1) is 5.69 Å². The van der Waals surface area contributed by atoms with Crippen molar-refractivity contribution in [1.82, 2.24) is 25.1 Å². The molecule has 0 bridgehead atoms. The van der Waals surface area contributed by atoms with Gasteiger partial charge in [0.2, 0.25) is 0 Å². The molecule has 18 heavy (non-hydrogen) atoms. The van der Waals surface area contributed by atoms with Gasteiger partial charge in [-0.3, -0.25) is 9.89 Å². The lowest BCUT2D eigenvalue weighted by atomic mass is 10.1. The van der Waals surface area contributed by atoms with E-state index in [0.717, 1.165) is 30.9 Å². The monoisotopic (exact) mass is 245 g/mol. The number of aromatic amines is 1. The fraction of sp³-hybridized carbons (Fsp3) is 0.417. The number of hydrogen-bond donors (Lipinski definition) is 2. The van der Waals surface area contributed by atoms with Crippen LogP contribution in [0.25, 0.3) is 0 Å². The standard InChI is InChI=1S/C12H15N5O/c1-8-6-17-7-9(2-3-11(17)14-8)15-12(18)10-4-5-13-16-10/h4-6,9H,2-3,7H2,1H3,(H,13,16)(H,15,18)/t9-/m1/s1. The highest BCUT2D eigenvalue weighted by molar-refractivity contribution is 5.92. The van der Waals surface area contributed by atoms with E-state index in [4.69, 9.17) is 0 Å². The molecule has 1 amide bonds. The summed E-state index contributed by atoms with van der Waals surface area (Å²) in [6, 6.07) is 1.83. The van der Waals surface area contributed by atoms with Gasteiger partial charge in [0.25, 0.3) is 5.91 Å². The van der Waals surface area contributed by atoms with Gasteiger partial charge in [-0.15, -0.1) is 0 Å². The van der Waals surface area contributed by atoms with Gasteiger partial charge in [-0.25, -0.2) is 4.98 Å². The van der Waals surface area contributed by atoms with Gasteiger partial charge in [0.15, 0.2) is 0 Å². The molecule has 0 saturated heterocycles. The van der Waals surface area contributed by atoms with E-state index in [9.17, 15) is 4.79 Å². The van der Waals surface area contributed by atoms with E-state index in [1.165, 1.54) is 0 Å². The Morgan fingerprint density at radius 3 is 3.28 bits per heavy atom. The third kappa shape index (κ3) is 2.01. The maximum atomic E-state index is 11.9. The number of rotatable bonds is 2. The predicted molar refractivity (Wildman–Crippen MR) is 65.1 cm³/mol. The van der Waals surface area contributed by atoms with Crippen LogP contribution in [0.1, 0.15) is 28.4 Å². The van der Waals surface area contributed by atoms with E-state index in [-0.39, 0.29) is 11.9 Å². The van der Waals surface area contributed by atoms with E-state index >= 15 is 0 Å². The molecule has 94 valence electrons. The Morgan fingerprint density at radius 1 is 1.61 bits per heavy atom. The summed E-state index contributed by atoms with van der Waals surface area (Å²) in [5.74, 6) is 1.01. The molecular formula is C12H15N5O. The summed E-state index contributed by atoms with van der Waals surface area (Å²) < 4.78 is 2.12. The molecule has 0 fully saturated rings. The zero-order valence-electron chi connectivity index (χ0n) is 10.2. The van der Waals surface area contributed by atoms with E-state index in [1.54, 1.807) is 12.3 Å². The lowest BCUT2D eigenvalue weighted by Crippen LogP contribution is -2.41. The maximum absolute atomic E-state index is 11.9. The van der Waals surface area contributed by atoms with E-state index in [2.05, 4.69) is 25.1 Å². The predicted octanol–water partition coefficient (Wildman–Crippen LogP) is 0.659. The smallest absolute Gasteiger partial charge is 0.269 e. The van der Waals surface area contributed by atoms with Crippen LogP contribution in [-0.2, 0) is 13.0 Å². The Balaban J connectivity index is 1.68. The molecule has 1 aliphatic heterocycles. The van der Waals surface area contributed by atoms with Crippen LogP contribution in [0.4, 0.5) is 0 Å². The van der Waals surface area contributed by atoms with Crippen molar-refractivity contribution in [3.63, 3.8) is 0 Å². The Kier molecular flexibility index (Phi) is 2.62. The molecule has 6 nitrogen and oxygen atoms in total. The summed E-state index contributed by atoms with van der Waals surface area (Å²) in [4.78, 5) is 16.3. The number of fused-ring (bicyclic) bond motifs is 1. The number of H-pyrrole nitrogens is 1. The summed E-state index contributed by atoms with van der Waals surface area (Å²) in [6.45, 7) is 2.78. The van der Waals surface area contributed by atoms with Gasteiger partial charge in [-0.05, 0) is 19.4 Å². The SMILES string of the molecule is Cc1cn2c(n1)CC[C@@H](NC(=O)c1ccn[nH]1)C2. The number of aryl methyl sites for hydroxylation is 2. The van der Waals surface area contributed by atoms with Crippen molar-refractivity contribution in [2.24, 2.45) is 0 Å². The lowest BCUT2D eigenvalue weighted by Gasteiger charge is -2.24. The van der Waals surface area contributed by atoms with E-state index in [0.29, 0.717) is 5.69 Å². The van der Waals surface area contributed by atoms with Crippen LogP contribution in [0.5, 0.6) is 0 Å². The number of carbonyl (C=O) groups is 1. The highest BCUT2D eigenvalue weighted by atomic mass is 16.2. The first-order valence-electron chi connectivity index (χ1n) is 6.05. The number of hydrogen-bond acceptors (Lipinski definition) is 3. The normalized spacial score (nSPS) is 18.4. The fourth-order valence-electron chi connectivity index (χ4n) is 2.35. The number of carbonyl (C=O) groups excluding carboxylic acids is 1. The highest BCUT2D eigenvalue weighted by Crippen LogP contribution is 2.15. The minimum Gasteiger partial charge on any atom is -0.346 e. The second kappa shape index (κ2) is 4.29. The van der Waals surface area contributed by atoms with Crippen LogP contribution < -0.4 is 5.32 Å². The molecule has 0 unspecified atom stereocenters. The number of imidazole rings is 1. The molecule has 0 saturated carbocycles. The minimum atomic E-state index is -0.0993. The minimum absolute atomic E-state index is 0.0993. The zero-order chi connectivity index (χ0) is 12.5. The molecule has 2 N–H and O–H groups in total. The summed E-state index contributed by atoms with van der Waals surface area (Å²) >= 11 is 0. The average molecular weight is 245 g/mol. The van der Waals surface area contributed by atoms with Crippen molar-refractivity contribution in [3.8, 4) is 0 Å². The van der Waals surface area contributed by atoms with Gasteiger partial charge in [0.1, 0.15) is 11.5 Å². The van der Waals surface area contributed by atoms with Gasteiger partial charge >= 0.3 is 0 Å². The summed E-state index contributed by atoms with van der Waals surface area (Å²) in [6.07, 6.45) is 5.44. The number of aromatic nitrogens is 4. The summed E-state index contributed by atoms with van der Waals surface area (Å²) in [7, 11) is 0. The van der Waals surface area contributed by atoms with Gasteiger partial charge < -0.3 is 9.88 Å². The second-order valence-electron chi connectivity index (χ2n) is 4.63. The Hall–Kier alpha value is -2.11. The van der Waals surface area contributed by atoms with Crippen LogP contribution >= 0.6 is 0 Å². The van der Waals surface area contributed by atoms with Crippen molar-refractivity contribution in [1.29, 1.82) is 0 Å². The van der Waals surface area contributed by atoms with Crippen molar-refractivity contribution in [3.05, 3.63) is 35.7 Å². The molecule has 0 spiro atoms. The third-order valence-electron chi connectivity index (χ3n) is 3.19. The van der Waals surface area contributed by atoms with Crippen LogP contribution in [0.15, 0.2) is 18.5 Å². The van der Waals surface area contributed by atoms with Crippen molar-refractivity contribution < 1.29 is 4.79 Å². The number of amides is 1. The topological polar surface area (TPSA) is 75.6 Å². The molecular weight excluding hydrogens is 230 g/mol. The second-order valence-corrected chi connectivity index (χ2v) is 4.63. The Labute approximate surface area is 104 Å². The molecule has 0 radical (unpaired) electrons. The largest absolute Gasteiger partial charge is 0.346 e. The molecule has 1 aliphatic rings. The quantitative estimate of drug-likeness (QED) is 0.816. The molecule has 6 heteroatoms. The fourth-order valence-corrected chi connectivity index (χ4v) is 2.35. The summed E-state index contributed by atoms with van der Waals surface area (Å²) in [5.41, 5.74) is 1.54. The maximum Gasteiger partial charge on any atom is 0.269 e. The molecule has 2 aromatic rings. The van der Waals surface area contributed by atoms with Gasteiger partial charge in [-0.1, -0.05) is 0 Å². The highest BCUT2D eigenvalue weighted by Gasteiger charge is 2.21.